The molecule has 0 aromatic carbocycles. The molecule has 1 aliphatic rings. The van der Waals surface area contributed by atoms with Crippen molar-refractivity contribution in [2.45, 2.75) is 57.8 Å². The first-order valence-corrected chi connectivity index (χ1v) is 7.42. The molecule has 1 atom stereocenters. The van der Waals surface area contributed by atoms with Gasteiger partial charge in [0.15, 0.2) is 0 Å². The minimum atomic E-state index is -1.16. The molecule has 0 aromatic heterocycles. The number of likely N-dealkylation sites (tertiary alicyclic amines) is 1. The number of hydrogen-bond donors (Lipinski definition) is 3. The van der Waals surface area contributed by atoms with Crippen molar-refractivity contribution in [1.82, 2.24) is 4.90 Å². The lowest BCUT2D eigenvalue weighted by Gasteiger charge is -2.30. The van der Waals surface area contributed by atoms with Crippen molar-refractivity contribution in [2.75, 3.05) is 19.6 Å². The van der Waals surface area contributed by atoms with Gasteiger partial charge < -0.3 is 20.7 Å². The van der Waals surface area contributed by atoms with E-state index in [1.165, 1.54) is 25.9 Å². The summed E-state index contributed by atoms with van der Waals surface area (Å²) in [5.74, 6) is 0.889. The average Bonchev–Trinajstić information content (AvgIpc) is 2.34. The summed E-state index contributed by atoms with van der Waals surface area (Å²) in [5.41, 5.74) is 6.08. The minimum Gasteiger partial charge on any atom is -0.427 e. The molecule has 1 unspecified atom stereocenters. The van der Waals surface area contributed by atoms with Gasteiger partial charge in [0.05, 0.1) is 0 Å². The summed E-state index contributed by atoms with van der Waals surface area (Å²) in [4.78, 5) is 2.53. The van der Waals surface area contributed by atoms with Crippen LogP contribution in [0, 0.1) is 5.92 Å². The summed E-state index contributed by atoms with van der Waals surface area (Å²) < 4.78 is 0. The van der Waals surface area contributed by atoms with Crippen LogP contribution in [-0.2, 0) is 0 Å². The third-order valence-corrected chi connectivity index (χ3v) is 3.98. The molecule has 0 bridgehead atoms. The molecule has 1 rings (SSSR count). The largest absolute Gasteiger partial charge is 0.451 e. The Labute approximate surface area is 112 Å². The van der Waals surface area contributed by atoms with E-state index in [4.69, 9.17) is 15.8 Å². The van der Waals surface area contributed by atoms with Crippen molar-refractivity contribution in [3.05, 3.63) is 0 Å². The van der Waals surface area contributed by atoms with Gasteiger partial charge in [-0.15, -0.1) is 0 Å². The van der Waals surface area contributed by atoms with Crippen molar-refractivity contribution >= 4 is 7.12 Å². The zero-order valence-corrected chi connectivity index (χ0v) is 11.7. The predicted molar refractivity (Wildman–Crippen MR) is 76.3 cm³/mol. The molecule has 1 saturated heterocycles. The lowest BCUT2D eigenvalue weighted by molar-refractivity contribution is 0.186. The van der Waals surface area contributed by atoms with Crippen LogP contribution < -0.4 is 5.73 Å². The second kappa shape index (κ2) is 8.91. The van der Waals surface area contributed by atoms with E-state index in [1.807, 2.05) is 0 Å². The number of rotatable bonds is 8. The van der Waals surface area contributed by atoms with E-state index < -0.39 is 7.12 Å². The van der Waals surface area contributed by atoms with Gasteiger partial charge in [-0.25, -0.2) is 0 Å². The molecule has 18 heavy (non-hydrogen) atoms. The van der Waals surface area contributed by atoms with Crippen LogP contribution in [0.25, 0.3) is 0 Å². The first kappa shape index (κ1) is 16.0. The van der Waals surface area contributed by atoms with Crippen molar-refractivity contribution in [2.24, 2.45) is 11.7 Å². The predicted octanol–water partition coefficient (Wildman–Crippen LogP) is 1.08. The van der Waals surface area contributed by atoms with Gasteiger partial charge in [0.1, 0.15) is 0 Å². The van der Waals surface area contributed by atoms with E-state index in [0.717, 1.165) is 38.1 Å². The van der Waals surface area contributed by atoms with Crippen molar-refractivity contribution < 1.29 is 10.0 Å². The SMILES string of the molecule is CC1CCN(CCC(N)CCCCB(O)O)CC1. The smallest absolute Gasteiger partial charge is 0.427 e. The van der Waals surface area contributed by atoms with Crippen molar-refractivity contribution in [3.8, 4) is 0 Å². The molecule has 4 nitrogen and oxygen atoms in total. The standard InChI is InChI=1S/C13H29BN2O2/c1-12-5-9-16(10-6-12)11-7-13(15)4-2-3-8-14(17)18/h12-13,17-18H,2-11,15H2,1H3. The van der Waals surface area contributed by atoms with Crippen LogP contribution in [0.4, 0.5) is 0 Å². The molecule has 106 valence electrons. The fraction of sp³-hybridized carbons (Fsp3) is 1.00. The van der Waals surface area contributed by atoms with Crippen molar-refractivity contribution in [3.63, 3.8) is 0 Å². The van der Waals surface area contributed by atoms with E-state index in [9.17, 15) is 0 Å². The highest BCUT2D eigenvalue weighted by Gasteiger charge is 2.16. The van der Waals surface area contributed by atoms with Crippen LogP contribution in [-0.4, -0.2) is 47.7 Å². The first-order valence-electron chi connectivity index (χ1n) is 7.42. The van der Waals surface area contributed by atoms with Gasteiger partial charge in [0.2, 0.25) is 0 Å². The molecular formula is C13H29BN2O2. The van der Waals surface area contributed by atoms with Crippen LogP contribution in [0.15, 0.2) is 0 Å². The van der Waals surface area contributed by atoms with Crippen LogP contribution in [0.1, 0.15) is 45.4 Å². The van der Waals surface area contributed by atoms with E-state index in [-0.39, 0.29) is 6.04 Å². The molecule has 0 spiro atoms. The lowest BCUT2D eigenvalue weighted by Crippen LogP contribution is -2.36. The minimum absolute atomic E-state index is 0.264. The molecule has 0 amide bonds. The van der Waals surface area contributed by atoms with Gasteiger partial charge in [-0.3, -0.25) is 0 Å². The Morgan fingerprint density at radius 1 is 1.22 bits per heavy atom. The summed E-state index contributed by atoms with van der Waals surface area (Å²) in [5, 5.41) is 17.5. The summed E-state index contributed by atoms with van der Waals surface area (Å²) in [6.07, 6.45) is 7.03. The fourth-order valence-electron chi connectivity index (χ4n) is 2.51. The summed E-state index contributed by atoms with van der Waals surface area (Å²) in [7, 11) is -1.16. The van der Waals surface area contributed by atoms with Crippen LogP contribution in [0.5, 0.6) is 0 Å². The van der Waals surface area contributed by atoms with E-state index >= 15 is 0 Å². The maximum Gasteiger partial charge on any atom is 0.451 e. The molecule has 0 aromatic rings. The second-order valence-electron chi connectivity index (χ2n) is 5.84. The highest BCUT2D eigenvalue weighted by Crippen LogP contribution is 2.16. The maximum absolute atomic E-state index is 8.73. The first-order chi connectivity index (χ1) is 8.58. The van der Waals surface area contributed by atoms with Gasteiger partial charge in [0.25, 0.3) is 0 Å². The van der Waals surface area contributed by atoms with E-state index in [1.54, 1.807) is 0 Å². The monoisotopic (exact) mass is 256 g/mol. The zero-order chi connectivity index (χ0) is 13.4. The molecule has 4 N–H and O–H groups in total. The van der Waals surface area contributed by atoms with E-state index in [0.29, 0.717) is 6.32 Å². The number of piperidine rings is 1. The van der Waals surface area contributed by atoms with E-state index in [2.05, 4.69) is 11.8 Å². The molecule has 5 heteroatoms. The number of nitrogens with zero attached hydrogens (tertiary/aromatic N) is 1. The Balaban J connectivity index is 1.97. The molecular weight excluding hydrogens is 227 g/mol. The molecule has 1 aliphatic heterocycles. The third-order valence-electron chi connectivity index (χ3n) is 3.98. The zero-order valence-electron chi connectivity index (χ0n) is 11.7. The Morgan fingerprint density at radius 3 is 2.50 bits per heavy atom. The molecule has 1 heterocycles. The van der Waals surface area contributed by atoms with Gasteiger partial charge in [-0.2, -0.15) is 0 Å². The van der Waals surface area contributed by atoms with Gasteiger partial charge >= 0.3 is 7.12 Å². The lowest BCUT2D eigenvalue weighted by atomic mass is 9.83. The molecule has 0 aliphatic carbocycles. The van der Waals surface area contributed by atoms with Crippen molar-refractivity contribution in [1.29, 1.82) is 0 Å². The number of unbranched alkanes of at least 4 members (excludes halogenated alkanes) is 1. The summed E-state index contributed by atoms with van der Waals surface area (Å²) in [6.45, 7) is 5.91. The third kappa shape index (κ3) is 7.36. The quantitative estimate of drug-likeness (QED) is 0.449. The van der Waals surface area contributed by atoms with Crippen LogP contribution in [0.3, 0.4) is 0 Å². The van der Waals surface area contributed by atoms with Gasteiger partial charge in [-0.1, -0.05) is 19.8 Å². The number of hydrogen-bond acceptors (Lipinski definition) is 4. The normalized spacial score (nSPS) is 20.0. The molecule has 0 saturated carbocycles. The second-order valence-corrected chi connectivity index (χ2v) is 5.84. The average molecular weight is 256 g/mol. The highest BCUT2D eigenvalue weighted by molar-refractivity contribution is 6.40. The Morgan fingerprint density at radius 2 is 1.89 bits per heavy atom. The summed E-state index contributed by atoms with van der Waals surface area (Å²) in [6, 6.07) is 0.264. The molecule has 0 radical (unpaired) electrons. The highest BCUT2D eigenvalue weighted by atomic mass is 16.4. The Kier molecular flexibility index (Phi) is 7.90. The van der Waals surface area contributed by atoms with Crippen LogP contribution >= 0.6 is 0 Å². The topological polar surface area (TPSA) is 69.7 Å². The fourth-order valence-corrected chi connectivity index (χ4v) is 2.51. The summed E-state index contributed by atoms with van der Waals surface area (Å²) >= 11 is 0. The number of nitrogens with two attached hydrogens (primary N) is 1. The molecule has 1 fully saturated rings. The van der Waals surface area contributed by atoms with Gasteiger partial charge in [-0.05, 0) is 57.6 Å². The Hall–Kier alpha value is -0.0951. The van der Waals surface area contributed by atoms with Gasteiger partial charge in [0, 0.05) is 6.04 Å². The maximum atomic E-state index is 8.73. The Bertz CT molecular complexity index is 209. The van der Waals surface area contributed by atoms with Crippen LogP contribution in [0.2, 0.25) is 6.32 Å².